The van der Waals surface area contributed by atoms with E-state index in [2.05, 4.69) is 4.98 Å². The van der Waals surface area contributed by atoms with Crippen molar-refractivity contribution in [3.8, 4) is 5.75 Å². The average Bonchev–Trinajstić information content (AvgIpc) is 2.73. The lowest BCUT2D eigenvalue weighted by Crippen LogP contribution is -2.03. The number of hydrogen-bond acceptors (Lipinski definition) is 4. The summed E-state index contributed by atoms with van der Waals surface area (Å²) in [6.45, 7) is 1.72. The van der Waals surface area contributed by atoms with E-state index in [9.17, 15) is 13.6 Å². The van der Waals surface area contributed by atoms with Crippen molar-refractivity contribution in [1.82, 2.24) is 4.98 Å². The highest BCUT2D eigenvalue weighted by molar-refractivity contribution is 7.09. The normalized spacial score (nSPS) is 10.5. The van der Waals surface area contributed by atoms with Crippen LogP contribution in [0.25, 0.3) is 0 Å². The largest absolute Gasteiger partial charge is 0.480 e. The van der Waals surface area contributed by atoms with E-state index in [1.54, 1.807) is 12.3 Å². The minimum absolute atomic E-state index is 0.0707. The van der Waals surface area contributed by atoms with Gasteiger partial charge in [0.25, 0.3) is 0 Å². The molecular formula is C12H9F2NO3S. The zero-order valence-corrected chi connectivity index (χ0v) is 10.6. The SMILES string of the molecule is Cc1csc(COc2c(F)cc(C(=O)O)cc2F)n1. The first-order chi connectivity index (χ1) is 8.97. The van der Waals surface area contributed by atoms with Crippen molar-refractivity contribution in [3.63, 3.8) is 0 Å². The van der Waals surface area contributed by atoms with Gasteiger partial charge in [-0.15, -0.1) is 11.3 Å². The fourth-order valence-electron chi connectivity index (χ4n) is 1.42. The van der Waals surface area contributed by atoms with Gasteiger partial charge in [-0.1, -0.05) is 0 Å². The van der Waals surface area contributed by atoms with Crippen LogP contribution in [0.2, 0.25) is 0 Å². The van der Waals surface area contributed by atoms with Crippen molar-refractivity contribution in [2.45, 2.75) is 13.5 Å². The Hall–Kier alpha value is -2.02. The lowest BCUT2D eigenvalue weighted by molar-refractivity contribution is 0.0695. The molecule has 0 bridgehead atoms. The van der Waals surface area contributed by atoms with Crippen LogP contribution in [-0.2, 0) is 6.61 Å². The van der Waals surface area contributed by atoms with Crippen LogP contribution in [0.3, 0.4) is 0 Å². The van der Waals surface area contributed by atoms with Crippen LogP contribution in [0.4, 0.5) is 8.78 Å². The summed E-state index contributed by atoms with van der Waals surface area (Å²) < 4.78 is 32.1. The Labute approximate surface area is 111 Å². The first-order valence-corrected chi connectivity index (χ1v) is 6.11. The van der Waals surface area contributed by atoms with Gasteiger partial charge in [0, 0.05) is 11.1 Å². The van der Waals surface area contributed by atoms with Crippen LogP contribution >= 0.6 is 11.3 Å². The van der Waals surface area contributed by atoms with Gasteiger partial charge in [0.15, 0.2) is 17.4 Å². The summed E-state index contributed by atoms with van der Waals surface area (Å²) in [6, 6.07) is 1.43. The van der Waals surface area contributed by atoms with E-state index in [0.717, 1.165) is 5.69 Å². The number of aromatic nitrogens is 1. The van der Waals surface area contributed by atoms with Crippen molar-refractivity contribution < 1.29 is 23.4 Å². The number of nitrogens with zero attached hydrogens (tertiary/aromatic N) is 1. The Bertz CT molecular complexity index is 604. The second-order valence-corrected chi connectivity index (χ2v) is 4.69. The van der Waals surface area contributed by atoms with Gasteiger partial charge in [-0.3, -0.25) is 0 Å². The first kappa shape index (κ1) is 13.4. The number of thiazole rings is 1. The molecule has 1 aromatic heterocycles. The van der Waals surface area contributed by atoms with Crippen molar-refractivity contribution in [2.24, 2.45) is 0 Å². The van der Waals surface area contributed by atoms with Crippen LogP contribution in [0.1, 0.15) is 21.1 Å². The molecule has 0 radical (unpaired) electrons. The molecule has 1 aromatic carbocycles. The zero-order chi connectivity index (χ0) is 14.0. The summed E-state index contributed by atoms with van der Waals surface area (Å²) in [5.41, 5.74) is 0.332. The topological polar surface area (TPSA) is 59.4 Å². The predicted molar refractivity (Wildman–Crippen MR) is 64.5 cm³/mol. The summed E-state index contributed by atoms with van der Waals surface area (Å²) in [7, 11) is 0. The molecule has 0 amide bonds. The molecule has 0 aliphatic carbocycles. The van der Waals surface area contributed by atoms with Crippen LogP contribution in [0.15, 0.2) is 17.5 Å². The first-order valence-electron chi connectivity index (χ1n) is 5.23. The maximum Gasteiger partial charge on any atom is 0.335 e. The van der Waals surface area contributed by atoms with E-state index in [0.29, 0.717) is 17.1 Å². The van der Waals surface area contributed by atoms with E-state index in [1.807, 2.05) is 0 Å². The van der Waals surface area contributed by atoms with E-state index >= 15 is 0 Å². The van der Waals surface area contributed by atoms with Gasteiger partial charge in [0.1, 0.15) is 11.6 Å². The van der Waals surface area contributed by atoms with Crippen LogP contribution in [-0.4, -0.2) is 16.1 Å². The van der Waals surface area contributed by atoms with E-state index in [-0.39, 0.29) is 6.61 Å². The molecule has 0 fully saturated rings. The Morgan fingerprint density at radius 2 is 2.05 bits per heavy atom. The molecule has 0 unspecified atom stereocenters. The highest BCUT2D eigenvalue weighted by atomic mass is 32.1. The van der Waals surface area contributed by atoms with Crippen molar-refractivity contribution in [1.29, 1.82) is 0 Å². The van der Waals surface area contributed by atoms with E-state index in [1.165, 1.54) is 11.3 Å². The average molecular weight is 285 g/mol. The molecular weight excluding hydrogens is 276 g/mol. The molecule has 0 spiro atoms. The molecule has 1 heterocycles. The fraction of sp³-hybridized carbons (Fsp3) is 0.167. The lowest BCUT2D eigenvalue weighted by atomic mass is 10.2. The molecule has 1 N–H and O–H groups in total. The number of aryl methyl sites for hydroxylation is 1. The van der Waals surface area contributed by atoms with Gasteiger partial charge < -0.3 is 9.84 Å². The summed E-state index contributed by atoms with van der Waals surface area (Å²) >= 11 is 1.31. The van der Waals surface area contributed by atoms with Crippen LogP contribution in [0, 0.1) is 18.6 Å². The minimum atomic E-state index is -1.40. The number of carbonyl (C=O) groups is 1. The van der Waals surface area contributed by atoms with Gasteiger partial charge in [-0.05, 0) is 19.1 Å². The minimum Gasteiger partial charge on any atom is -0.480 e. The molecule has 0 aliphatic heterocycles. The van der Waals surface area contributed by atoms with Gasteiger partial charge in [-0.25, -0.2) is 18.6 Å². The number of ether oxygens (including phenoxy) is 1. The van der Waals surface area contributed by atoms with Crippen molar-refractivity contribution in [2.75, 3.05) is 0 Å². The van der Waals surface area contributed by atoms with Gasteiger partial charge >= 0.3 is 5.97 Å². The maximum absolute atomic E-state index is 13.5. The second kappa shape index (κ2) is 5.31. The summed E-state index contributed by atoms with van der Waals surface area (Å²) in [5, 5.41) is 11.0. The molecule has 0 saturated heterocycles. The summed E-state index contributed by atoms with van der Waals surface area (Å²) in [5.74, 6) is -4.10. The molecule has 4 nitrogen and oxygen atoms in total. The number of hydrogen-bond donors (Lipinski definition) is 1. The highest BCUT2D eigenvalue weighted by Gasteiger charge is 2.16. The van der Waals surface area contributed by atoms with Crippen molar-refractivity contribution >= 4 is 17.3 Å². The lowest BCUT2D eigenvalue weighted by Gasteiger charge is -2.07. The zero-order valence-electron chi connectivity index (χ0n) is 9.81. The molecule has 2 rings (SSSR count). The number of carboxylic acid groups (broad SMARTS) is 1. The van der Waals surface area contributed by atoms with E-state index < -0.39 is 28.9 Å². The number of aromatic carboxylic acids is 1. The third-order valence-corrected chi connectivity index (χ3v) is 3.19. The van der Waals surface area contributed by atoms with Gasteiger partial charge in [-0.2, -0.15) is 0 Å². The molecule has 19 heavy (non-hydrogen) atoms. The number of halogens is 2. The number of rotatable bonds is 4. The third-order valence-electron chi connectivity index (χ3n) is 2.25. The smallest absolute Gasteiger partial charge is 0.335 e. The quantitative estimate of drug-likeness (QED) is 0.938. The Kier molecular flexibility index (Phi) is 3.75. The van der Waals surface area contributed by atoms with Crippen molar-refractivity contribution in [3.05, 3.63) is 45.4 Å². The maximum atomic E-state index is 13.5. The van der Waals surface area contributed by atoms with Crippen LogP contribution in [0.5, 0.6) is 5.75 Å². The Balaban J connectivity index is 2.18. The number of benzene rings is 1. The molecule has 7 heteroatoms. The highest BCUT2D eigenvalue weighted by Crippen LogP contribution is 2.24. The monoisotopic (exact) mass is 285 g/mol. The van der Waals surface area contributed by atoms with Gasteiger partial charge in [0.2, 0.25) is 0 Å². The third kappa shape index (κ3) is 3.05. The Morgan fingerprint density at radius 1 is 1.42 bits per heavy atom. The predicted octanol–water partition coefficient (Wildman–Crippen LogP) is 3.01. The standard InChI is InChI=1S/C12H9F2NO3S/c1-6-5-19-10(15-6)4-18-11-8(13)2-7(12(16)17)3-9(11)14/h2-3,5H,4H2,1H3,(H,16,17). The molecule has 0 atom stereocenters. The number of carboxylic acids is 1. The van der Waals surface area contributed by atoms with E-state index in [4.69, 9.17) is 9.84 Å². The Morgan fingerprint density at radius 3 is 2.53 bits per heavy atom. The molecule has 100 valence electrons. The molecule has 2 aromatic rings. The second-order valence-electron chi connectivity index (χ2n) is 3.75. The summed E-state index contributed by atoms with van der Waals surface area (Å²) in [4.78, 5) is 14.7. The van der Waals surface area contributed by atoms with Crippen LogP contribution < -0.4 is 4.74 Å². The molecule has 0 saturated carbocycles. The van der Waals surface area contributed by atoms with Gasteiger partial charge in [0.05, 0.1) is 5.56 Å². The summed E-state index contributed by atoms with van der Waals surface area (Å²) in [6.07, 6.45) is 0. The molecule has 0 aliphatic rings. The fourth-order valence-corrected chi connectivity index (χ4v) is 2.11.